The van der Waals surface area contributed by atoms with Gasteiger partial charge in [0.05, 0.1) is 0 Å². The molecule has 4 nitrogen and oxygen atoms in total. The lowest BCUT2D eigenvalue weighted by molar-refractivity contribution is -0.172. The van der Waals surface area contributed by atoms with Crippen LogP contribution in [0.2, 0.25) is 0 Å². The number of carbonyl (C=O) groups is 2. The Hall–Kier alpha value is -1.27. The fourth-order valence-electron chi connectivity index (χ4n) is 1.94. The lowest BCUT2D eigenvalue weighted by atomic mass is 10.1. The highest BCUT2D eigenvalue weighted by atomic mass is 19.4. The number of ketones is 1. The standard InChI is InChI=1S/C12H18F3NO3/c1-11(2,3)19-10(18)16-6-4-5-8(16)7-9(17)12(13,14)15/h8H,4-7H2,1-3H3. The van der Waals surface area contributed by atoms with E-state index >= 15 is 0 Å². The summed E-state index contributed by atoms with van der Waals surface area (Å²) in [4.78, 5) is 24.0. The second-order valence-electron chi connectivity index (χ2n) is 5.59. The lowest BCUT2D eigenvalue weighted by Gasteiger charge is -2.28. The zero-order valence-electron chi connectivity index (χ0n) is 11.2. The monoisotopic (exact) mass is 281 g/mol. The van der Waals surface area contributed by atoms with Gasteiger partial charge in [-0.15, -0.1) is 0 Å². The number of halogens is 3. The fourth-order valence-corrected chi connectivity index (χ4v) is 1.94. The summed E-state index contributed by atoms with van der Waals surface area (Å²) in [7, 11) is 0. The Bertz CT molecular complexity index is 360. The molecule has 1 aliphatic heterocycles. The Morgan fingerprint density at radius 2 is 1.84 bits per heavy atom. The minimum atomic E-state index is -4.85. The zero-order chi connectivity index (χ0) is 14.8. The number of carbonyl (C=O) groups excluding carboxylic acids is 2. The average Bonchev–Trinajstić information content (AvgIpc) is 2.61. The first-order chi connectivity index (χ1) is 8.50. The third-order valence-electron chi connectivity index (χ3n) is 2.74. The Morgan fingerprint density at radius 3 is 2.32 bits per heavy atom. The van der Waals surface area contributed by atoms with Gasteiger partial charge in [-0.3, -0.25) is 4.79 Å². The molecule has 0 aliphatic carbocycles. The van der Waals surface area contributed by atoms with E-state index in [0.717, 1.165) is 0 Å². The summed E-state index contributed by atoms with van der Waals surface area (Å²) in [6.45, 7) is 5.36. The van der Waals surface area contributed by atoms with Gasteiger partial charge in [0, 0.05) is 19.0 Å². The maximum Gasteiger partial charge on any atom is 0.450 e. The molecule has 1 rings (SSSR count). The van der Waals surface area contributed by atoms with Crippen LogP contribution in [-0.4, -0.2) is 41.1 Å². The molecule has 1 saturated heterocycles. The third kappa shape index (κ3) is 4.72. The number of Topliss-reactive ketones (excluding diaryl/α,β-unsaturated/α-hetero) is 1. The molecule has 1 atom stereocenters. The summed E-state index contributed by atoms with van der Waals surface area (Å²) in [5.41, 5.74) is -0.710. The maximum absolute atomic E-state index is 12.2. The highest BCUT2D eigenvalue weighted by Crippen LogP contribution is 2.27. The number of hydrogen-bond acceptors (Lipinski definition) is 3. The molecule has 1 unspecified atom stereocenters. The molecule has 1 amide bonds. The molecule has 1 fully saturated rings. The molecule has 110 valence electrons. The normalized spacial score (nSPS) is 20.5. The van der Waals surface area contributed by atoms with Crippen molar-refractivity contribution in [2.24, 2.45) is 0 Å². The highest BCUT2D eigenvalue weighted by molar-refractivity contribution is 5.85. The van der Waals surface area contributed by atoms with Crippen molar-refractivity contribution in [2.45, 2.75) is 57.9 Å². The minimum Gasteiger partial charge on any atom is -0.444 e. The highest BCUT2D eigenvalue weighted by Gasteiger charge is 2.42. The van der Waals surface area contributed by atoms with Crippen molar-refractivity contribution in [3.8, 4) is 0 Å². The first-order valence-electron chi connectivity index (χ1n) is 6.10. The topological polar surface area (TPSA) is 46.6 Å². The summed E-state index contributed by atoms with van der Waals surface area (Å²) >= 11 is 0. The van der Waals surface area contributed by atoms with Crippen LogP contribution in [0.4, 0.5) is 18.0 Å². The quantitative estimate of drug-likeness (QED) is 0.782. The van der Waals surface area contributed by atoms with E-state index in [1.165, 1.54) is 4.90 Å². The summed E-state index contributed by atoms with van der Waals surface area (Å²) in [6, 6.07) is -0.719. The predicted molar refractivity (Wildman–Crippen MR) is 61.6 cm³/mol. The Labute approximate surface area is 109 Å². The van der Waals surface area contributed by atoms with Crippen LogP contribution in [0.1, 0.15) is 40.0 Å². The van der Waals surface area contributed by atoms with Crippen LogP contribution in [-0.2, 0) is 9.53 Å². The van der Waals surface area contributed by atoms with Crippen molar-refractivity contribution >= 4 is 11.9 Å². The van der Waals surface area contributed by atoms with E-state index in [1.54, 1.807) is 20.8 Å². The molecule has 1 heterocycles. The molecule has 0 radical (unpaired) electrons. The van der Waals surface area contributed by atoms with Crippen molar-refractivity contribution < 1.29 is 27.5 Å². The van der Waals surface area contributed by atoms with Gasteiger partial charge in [0.25, 0.3) is 0 Å². The van der Waals surface area contributed by atoms with Gasteiger partial charge in [-0.2, -0.15) is 13.2 Å². The minimum absolute atomic E-state index is 0.324. The molecule has 0 aromatic carbocycles. The molecule has 0 aromatic heterocycles. The molecule has 0 N–H and O–H groups in total. The van der Waals surface area contributed by atoms with Crippen molar-refractivity contribution in [2.75, 3.05) is 6.54 Å². The molecule has 0 spiro atoms. The number of amides is 1. The van der Waals surface area contributed by atoms with Crippen molar-refractivity contribution in [1.29, 1.82) is 0 Å². The zero-order valence-corrected chi connectivity index (χ0v) is 11.2. The van der Waals surface area contributed by atoms with Crippen LogP contribution in [0.15, 0.2) is 0 Å². The van der Waals surface area contributed by atoms with Crippen LogP contribution in [0, 0.1) is 0 Å². The van der Waals surface area contributed by atoms with Gasteiger partial charge in [-0.1, -0.05) is 0 Å². The van der Waals surface area contributed by atoms with Gasteiger partial charge in [0.2, 0.25) is 5.78 Å². The van der Waals surface area contributed by atoms with Crippen molar-refractivity contribution in [3.63, 3.8) is 0 Å². The molecule has 0 bridgehead atoms. The Morgan fingerprint density at radius 1 is 1.26 bits per heavy atom. The SMILES string of the molecule is CC(C)(C)OC(=O)N1CCCC1CC(=O)C(F)(F)F. The number of hydrogen-bond donors (Lipinski definition) is 0. The number of alkyl halides is 3. The van der Waals surface area contributed by atoms with Gasteiger partial charge >= 0.3 is 12.3 Å². The molecule has 7 heteroatoms. The van der Waals surface area contributed by atoms with Gasteiger partial charge in [0.15, 0.2) is 0 Å². The smallest absolute Gasteiger partial charge is 0.444 e. The molecular weight excluding hydrogens is 263 g/mol. The van der Waals surface area contributed by atoms with Gasteiger partial charge < -0.3 is 9.64 Å². The molecular formula is C12H18F3NO3. The van der Waals surface area contributed by atoms with E-state index in [-0.39, 0.29) is 0 Å². The summed E-state index contributed by atoms with van der Waals surface area (Å²) in [5.74, 6) is -1.80. The Balaban J connectivity index is 2.64. The second kappa shape index (κ2) is 5.38. The second-order valence-corrected chi connectivity index (χ2v) is 5.59. The van der Waals surface area contributed by atoms with E-state index in [9.17, 15) is 22.8 Å². The van der Waals surface area contributed by atoms with Crippen LogP contribution >= 0.6 is 0 Å². The molecule has 0 saturated carbocycles. The summed E-state index contributed by atoms with van der Waals surface area (Å²) in [5, 5.41) is 0. The van der Waals surface area contributed by atoms with Crippen LogP contribution in [0.3, 0.4) is 0 Å². The molecule has 1 aliphatic rings. The van der Waals surface area contributed by atoms with Gasteiger partial charge in [-0.05, 0) is 33.6 Å². The van der Waals surface area contributed by atoms with E-state index < -0.39 is 36.1 Å². The predicted octanol–water partition coefficient (Wildman–Crippen LogP) is 2.91. The molecule has 19 heavy (non-hydrogen) atoms. The van der Waals surface area contributed by atoms with Crippen LogP contribution in [0.25, 0.3) is 0 Å². The third-order valence-corrected chi connectivity index (χ3v) is 2.74. The van der Waals surface area contributed by atoms with Crippen molar-refractivity contribution in [3.05, 3.63) is 0 Å². The van der Waals surface area contributed by atoms with E-state index in [2.05, 4.69) is 0 Å². The van der Waals surface area contributed by atoms with Crippen LogP contribution in [0.5, 0.6) is 0 Å². The number of ether oxygens (including phenoxy) is 1. The summed E-state index contributed by atoms with van der Waals surface area (Å²) < 4.78 is 41.8. The number of likely N-dealkylation sites (tertiary alicyclic amines) is 1. The Kier molecular flexibility index (Phi) is 4.47. The van der Waals surface area contributed by atoms with Gasteiger partial charge in [0.1, 0.15) is 5.60 Å². The van der Waals surface area contributed by atoms with E-state index in [0.29, 0.717) is 19.4 Å². The lowest BCUT2D eigenvalue weighted by Crippen LogP contribution is -2.42. The average molecular weight is 281 g/mol. The largest absolute Gasteiger partial charge is 0.450 e. The van der Waals surface area contributed by atoms with E-state index in [1.807, 2.05) is 0 Å². The van der Waals surface area contributed by atoms with Crippen molar-refractivity contribution in [1.82, 2.24) is 4.90 Å². The first kappa shape index (κ1) is 15.8. The van der Waals surface area contributed by atoms with Crippen LogP contribution < -0.4 is 0 Å². The number of rotatable bonds is 2. The van der Waals surface area contributed by atoms with Gasteiger partial charge in [-0.25, -0.2) is 4.79 Å². The van der Waals surface area contributed by atoms with E-state index in [4.69, 9.17) is 4.74 Å². The molecule has 0 aromatic rings. The number of nitrogens with zero attached hydrogens (tertiary/aromatic N) is 1. The fraction of sp³-hybridized carbons (Fsp3) is 0.833. The first-order valence-corrected chi connectivity index (χ1v) is 6.10. The maximum atomic E-state index is 12.2. The summed E-state index contributed by atoms with van der Waals surface area (Å²) in [6.07, 6.45) is -5.23.